The number of nitrogens with zero attached hydrogens (tertiary/aromatic N) is 3. The number of esters is 1. The average Bonchev–Trinajstić information content (AvgIpc) is 3.19. The van der Waals surface area contributed by atoms with Crippen molar-refractivity contribution in [3.05, 3.63) is 65.7 Å². The molecule has 3 aromatic rings. The van der Waals surface area contributed by atoms with Crippen LogP contribution >= 0.6 is 11.8 Å². The van der Waals surface area contributed by atoms with Gasteiger partial charge in [-0.3, -0.25) is 4.79 Å². The van der Waals surface area contributed by atoms with E-state index >= 15 is 0 Å². The third-order valence-electron chi connectivity index (χ3n) is 4.42. The van der Waals surface area contributed by atoms with E-state index in [1.807, 2.05) is 11.5 Å². The fraction of sp³-hybridized carbons (Fsp3) is 0.273. The minimum absolute atomic E-state index is 0.156. The van der Waals surface area contributed by atoms with Gasteiger partial charge in [-0.05, 0) is 62.4 Å². The lowest BCUT2D eigenvalue weighted by atomic mass is 10.2. The van der Waals surface area contributed by atoms with Gasteiger partial charge in [0.25, 0.3) is 0 Å². The molecule has 0 saturated carbocycles. The molecule has 0 radical (unpaired) electrons. The molecule has 0 aliphatic rings. The smallest absolute Gasteiger partial charge is 0.338 e. The molecule has 1 aromatic heterocycles. The molecule has 0 aliphatic heterocycles. The zero-order chi connectivity index (χ0) is 22.9. The van der Waals surface area contributed by atoms with Gasteiger partial charge in [-0.15, -0.1) is 10.2 Å². The number of amides is 1. The average molecular weight is 458 g/mol. The van der Waals surface area contributed by atoms with E-state index < -0.39 is 5.97 Å². The van der Waals surface area contributed by atoms with Gasteiger partial charge in [-0.2, -0.15) is 0 Å². The topological polar surface area (TPSA) is 98.1 Å². The number of hydrogen-bond donors (Lipinski definition) is 2. The summed E-state index contributed by atoms with van der Waals surface area (Å²) in [7, 11) is 0. The van der Waals surface area contributed by atoms with Crippen LogP contribution in [0.2, 0.25) is 0 Å². The van der Waals surface area contributed by atoms with Crippen molar-refractivity contribution in [2.45, 2.75) is 32.1 Å². The Morgan fingerprint density at radius 3 is 2.38 bits per heavy atom. The van der Waals surface area contributed by atoms with Crippen molar-refractivity contribution in [2.24, 2.45) is 0 Å². The first-order valence-electron chi connectivity index (χ1n) is 10.1. The highest BCUT2D eigenvalue weighted by Gasteiger charge is 2.14. The lowest BCUT2D eigenvalue weighted by molar-refractivity contribution is -0.113. The second kappa shape index (κ2) is 11.3. The van der Waals surface area contributed by atoms with Gasteiger partial charge in [0, 0.05) is 17.9 Å². The van der Waals surface area contributed by atoms with Crippen LogP contribution in [0.15, 0.2) is 53.7 Å². The fourth-order valence-corrected chi connectivity index (χ4v) is 3.68. The Morgan fingerprint density at radius 2 is 1.72 bits per heavy atom. The van der Waals surface area contributed by atoms with E-state index in [4.69, 9.17) is 4.74 Å². The molecule has 0 atom stereocenters. The molecule has 2 N–H and O–H groups in total. The molecule has 0 unspecified atom stereocenters. The summed E-state index contributed by atoms with van der Waals surface area (Å²) < 4.78 is 19.9. The number of thioether (sulfide) groups is 1. The maximum atomic E-state index is 13.0. The molecule has 0 saturated heterocycles. The van der Waals surface area contributed by atoms with Gasteiger partial charge >= 0.3 is 5.97 Å². The Bertz CT molecular complexity index is 1050. The van der Waals surface area contributed by atoms with Crippen LogP contribution in [0.1, 0.15) is 30.0 Å². The minimum Gasteiger partial charge on any atom is -0.462 e. The summed E-state index contributed by atoms with van der Waals surface area (Å²) in [6.07, 6.45) is 0. The third-order valence-corrected chi connectivity index (χ3v) is 5.38. The van der Waals surface area contributed by atoms with Crippen molar-refractivity contribution in [3.8, 4) is 0 Å². The van der Waals surface area contributed by atoms with Crippen molar-refractivity contribution >= 4 is 35.0 Å². The van der Waals surface area contributed by atoms with Crippen molar-refractivity contribution in [3.63, 3.8) is 0 Å². The SMILES string of the molecule is CCOC(=O)c1ccc(NC(=O)CSc2nnc(CNc3ccc(F)cc3)n2CC)cc1. The Hall–Kier alpha value is -3.40. The summed E-state index contributed by atoms with van der Waals surface area (Å²) in [6.45, 7) is 5.09. The highest BCUT2D eigenvalue weighted by atomic mass is 32.2. The predicted octanol–water partition coefficient (Wildman–Crippen LogP) is 3.96. The Balaban J connectivity index is 1.53. The van der Waals surface area contributed by atoms with Crippen LogP contribution in [-0.4, -0.2) is 39.0 Å². The summed E-state index contributed by atoms with van der Waals surface area (Å²) in [6, 6.07) is 12.6. The molecular weight excluding hydrogens is 433 g/mol. The Labute approximate surface area is 189 Å². The normalized spacial score (nSPS) is 10.6. The molecule has 0 bridgehead atoms. The molecule has 0 aliphatic carbocycles. The second-order valence-electron chi connectivity index (χ2n) is 6.64. The van der Waals surface area contributed by atoms with Gasteiger partial charge in [-0.25, -0.2) is 9.18 Å². The van der Waals surface area contributed by atoms with E-state index in [1.165, 1.54) is 23.9 Å². The summed E-state index contributed by atoms with van der Waals surface area (Å²) in [5.74, 6) is -0.0167. The molecular formula is C22H24FN5O3S. The van der Waals surface area contributed by atoms with Crippen LogP contribution < -0.4 is 10.6 Å². The Kier molecular flexibility index (Phi) is 8.20. The lowest BCUT2D eigenvalue weighted by Crippen LogP contribution is -2.15. The van der Waals surface area contributed by atoms with E-state index in [1.54, 1.807) is 43.3 Å². The molecule has 2 aromatic carbocycles. The largest absolute Gasteiger partial charge is 0.462 e. The zero-order valence-corrected chi connectivity index (χ0v) is 18.6. The van der Waals surface area contributed by atoms with Crippen LogP contribution in [0.4, 0.5) is 15.8 Å². The number of carbonyl (C=O) groups excluding carboxylic acids is 2. The third kappa shape index (κ3) is 6.30. The standard InChI is InChI=1S/C22H24FN5O3S/c1-3-28-19(13-24-17-11-7-16(23)8-12-17)26-27-22(28)32-14-20(29)25-18-9-5-15(6-10-18)21(30)31-4-2/h5-12,24H,3-4,13-14H2,1-2H3,(H,25,29). The van der Waals surface area contributed by atoms with E-state index in [2.05, 4.69) is 20.8 Å². The molecule has 1 heterocycles. The number of benzene rings is 2. The second-order valence-corrected chi connectivity index (χ2v) is 7.58. The Morgan fingerprint density at radius 1 is 1.03 bits per heavy atom. The van der Waals surface area contributed by atoms with Gasteiger partial charge in [-0.1, -0.05) is 11.8 Å². The number of anilines is 2. The summed E-state index contributed by atoms with van der Waals surface area (Å²) in [4.78, 5) is 24.0. The van der Waals surface area contributed by atoms with Crippen molar-refractivity contribution in [1.29, 1.82) is 0 Å². The van der Waals surface area contributed by atoms with Crippen LogP contribution in [0.5, 0.6) is 0 Å². The highest BCUT2D eigenvalue weighted by Crippen LogP contribution is 2.19. The van der Waals surface area contributed by atoms with Gasteiger partial charge in [0.15, 0.2) is 11.0 Å². The van der Waals surface area contributed by atoms with Crippen LogP contribution in [0, 0.1) is 5.82 Å². The predicted molar refractivity (Wildman–Crippen MR) is 121 cm³/mol. The van der Waals surface area contributed by atoms with E-state index in [0.29, 0.717) is 41.9 Å². The van der Waals surface area contributed by atoms with E-state index in [-0.39, 0.29) is 17.5 Å². The monoisotopic (exact) mass is 457 g/mol. The molecule has 8 nitrogen and oxygen atoms in total. The summed E-state index contributed by atoms with van der Waals surface area (Å²) in [5.41, 5.74) is 1.79. The maximum absolute atomic E-state index is 13.0. The number of ether oxygens (including phenoxy) is 1. The molecule has 168 valence electrons. The first-order valence-corrected chi connectivity index (χ1v) is 11.1. The van der Waals surface area contributed by atoms with Crippen LogP contribution in [0.3, 0.4) is 0 Å². The van der Waals surface area contributed by atoms with Gasteiger partial charge in [0.1, 0.15) is 5.82 Å². The fourth-order valence-electron chi connectivity index (χ4n) is 2.85. The van der Waals surface area contributed by atoms with Crippen molar-refractivity contribution in [1.82, 2.24) is 14.8 Å². The molecule has 10 heteroatoms. The van der Waals surface area contributed by atoms with Gasteiger partial charge in [0.2, 0.25) is 5.91 Å². The molecule has 0 spiro atoms. The number of carbonyl (C=O) groups is 2. The van der Waals surface area contributed by atoms with E-state index in [9.17, 15) is 14.0 Å². The van der Waals surface area contributed by atoms with Crippen LogP contribution in [-0.2, 0) is 22.6 Å². The van der Waals surface area contributed by atoms with Gasteiger partial charge in [0.05, 0.1) is 24.5 Å². The van der Waals surface area contributed by atoms with Crippen LogP contribution in [0.25, 0.3) is 0 Å². The zero-order valence-electron chi connectivity index (χ0n) is 17.8. The van der Waals surface area contributed by atoms with E-state index in [0.717, 1.165) is 5.69 Å². The van der Waals surface area contributed by atoms with Crippen molar-refractivity contribution < 1.29 is 18.7 Å². The summed E-state index contributed by atoms with van der Waals surface area (Å²) >= 11 is 1.28. The quantitative estimate of drug-likeness (QED) is 0.351. The lowest BCUT2D eigenvalue weighted by Gasteiger charge is -2.09. The summed E-state index contributed by atoms with van der Waals surface area (Å²) in [5, 5.41) is 15.0. The number of rotatable bonds is 10. The number of nitrogens with one attached hydrogen (secondary N) is 2. The first-order chi connectivity index (χ1) is 15.5. The molecule has 1 amide bonds. The highest BCUT2D eigenvalue weighted by molar-refractivity contribution is 7.99. The number of hydrogen-bond acceptors (Lipinski definition) is 7. The minimum atomic E-state index is -0.399. The number of aromatic nitrogens is 3. The molecule has 32 heavy (non-hydrogen) atoms. The maximum Gasteiger partial charge on any atom is 0.338 e. The van der Waals surface area contributed by atoms with Gasteiger partial charge < -0.3 is 19.9 Å². The number of halogens is 1. The molecule has 0 fully saturated rings. The molecule has 3 rings (SSSR count). The van der Waals surface area contributed by atoms with Crippen molar-refractivity contribution in [2.75, 3.05) is 23.0 Å². The first kappa shape index (κ1) is 23.3.